The van der Waals surface area contributed by atoms with Gasteiger partial charge in [-0.2, -0.15) is 0 Å². The van der Waals surface area contributed by atoms with Crippen LogP contribution in [0.1, 0.15) is 5.56 Å². The fourth-order valence-corrected chi connectivity index (χ4v) is 3.66. The summed E-state index contributed by atoms with van der Waals surface area (Å²) in [5.74, 6) is -0.521. The van der Waals surface area contributed by atoms with Gasteiger partial charge in [0.25, 0.3) is 0 Å². The predicted molar refractivity (Wildman–Crippen MR) is 103 cm³/mol. The molecular formula is C16H15Cl3N2O3S. The second kappa shape index (κ2) is 7.83. The van der Waals surface area contributed by atoms with Crippen LogP contribution in [0, 0.1) is 6.92 Å². The normalized spacial score (nSPS) is 11.2. The number of anilines is 2. The van der Waals surface area contributed by atoms with Gasteiger partial charge >= 0.3 is 0 Å². The van der Waals surface area contributed by atoms with Gasteiger partial charge in [0.2, 0.25) is 15.9 Å². The number of nitrogens with one attached hydrogen (secondary N) is 1. The maximum Gasteiger partial charge on any atom is 0.245 e. The van der Waals surface area contributed by atoms with Crippen molar-refractivity contribution in [2.75, 3.05) is 22.4 Å². The van der Waals surface area contributed by atoms with Crippen molar-refractivity contribution in [2.45, 2.75) is 6.92 Å². The first-order valence-electron chi connectivity index (χ1n) is 7.06. The van der Waals surface area contributed by atoms with Crippen molar-refractivity contribution in [1.29, 1.82) is 0 Å². The summed E-state index contributed by atoms with van der Waals surface area (Å²) < 4.78 is 25.1. The Bertz CT molecular complexity index is 897. The quantitative estimate of drug-likeness (QED) is 0.780. The van der Waals surface area contributed by atoms with E-state index in [1.807, 2.05) is 0 Å². The van der Waals surface area contributed by atoms with Crippen LogP contribution in [0.5, 0.6) is 0 Å². The van der Waals surface area contributed by atoms with Crippen LogP contribution in [-0.2, 0) is 14.8 Å². The maximum absolute atomic E-state index is 12.3. The molecular weight excluding hydrogens is 407 g/mol. The molecule has 2 aromatic rings. The topological polar surface area (TPSA) is 66.5 Å². The zero-order valence-electron chi connectivity index (χ0n) is 13.4. The first-order valence-corrected chi connectivity index (χ1v) is 10.0. The number of amides is 1. The second-order valence-electron chi connectivity index (χ2n) is 5.40. The third-order valence-electron chi connectivity index (χ3n) is 3.30. The molecule has 0 bridgehead atoms. The Balaban J connectivity index is 2.28. The van der Waals surface area contributed by atoms with Crippen LogP contribution in [0.25, 0.3) is 0 Å². The number of halogens is 3. The van der Waals surface area contributed by atoms with Crippen LogP contribution in [0.15, 0.2) is 36.4 Å². The fraction of sp³-hybridized carbons (Fsp3) is 0.188. The number of carbonyl (C=O) groups is 1. The minimum atomic E-state index is -3.73. The van der Waals surface area contributed by atoms with E-state index in [1.165, 1.54) is 18.2 Å². The minimum Gasteiger partial charge on any atom is -0.324 e. The smallest absolute Gasteiger partial charge is 0.245 e. The summed E-state index contributed by atoms with van der Waals surface area (Å²) in [5.41, 5.74) is 1.52. The lowest BCUT2D eigenvalue weighted by Crippen LogP contribution is -2.37. The van der Waals surface area contributed by atoms with Crippen molar-refractivity contribution in [3.8, 4) is 0 Å². The lowest BCUT2D eigenvalue weighted by molar-refractivity contribution is -0.114. The minimum absolute atomic E-state index is 0.206. The number of hydrogen-bond acceptors (Lipinski definition) is 3. The SMILES string of the molecule is Cc1ccc(Cl)cc1NC(=O)CN(c1cc(Cl)cc(Cl)c1)S(C)(=O)=O. The van der Waals surface area contributed by atoms with E-state index in [0.717, 1.165) is 16.1 Å². The van der Waals surface area contributed by atoms with Crippen molar-refractivity contribution in [1.82, 2.24) is 0 Å². The van der Waals surface area contributed by atoms with Crippen LogP contribution in [0.3, 0.4) is 0 Å². The standard InChI is InChI=1S/C16H15Cl3N2O3S/c1-10-3-4-11(17)8-15(10)20-16(22)9-21(25(2,23)24)14-6-12(18)5-13(19)7-14/h3-8H,9H2,1-2H3,(H,20,22). The molecule has 2 aromatic carbocycles. The third-order valence-corrected chi connectivity index (χ3v) is 5.11. The lowest BCUT2D eigenvalue weighted by Gasteiger charge is -2.22. The van der Waals surface area contributed by atoms with Gasteiger partial charge in [0.1, 0.15) is 6.54 Å². The van der Waals surface area contributed by atoms with E-state index in [2.05, 4.69) is 5.32 Å². The molecule has 134 valence electrons. The molecule has 0 heterocycles. The molecule has 1 amide bonds. The summed E-state index contributed by atoms with van der Waals surface area (Å²) >= 11 is 17.8. The van der Waals surface area contributed by atoms with E-state index in [1.54, 1.807) is 25.1 Å². The third kappa shape index (κ3) is 5.51. The maximum atomic E-state index is 12.3. The summed E-state index contributed by atoms with van der Waals surface area (Å²) in [6, 6.07) is 9.36. The Kier molecular flexibility index (Phi) is 6.21. The average Bonchev–Trinajstić information content (AvgIpc) is 2.46. The van der Waals surface area contributed by atoms with Crippen LogP contribution in [0.4, 0.5) is 11.4 Å². The summed E-state index contributed by atoms with van der Waals surface area (Å²) in [7, 11) is -3.73. The average molecular weight is 422 g/mol. The molecule has 0 saturated carbocycles. The monoisotopic (exact) mass is 420 g/mol. The summed E-state index contributed by atoms with van der Waals surface area (Å²) in [6.45, 7) is 1.37. The van der Waals surface area contributed by atoms with Crippen molar-refractivity contribution in [3.05, 3.63) is 57.0 Å². The highest BCUT2D eigenvalue weighted by Gasteiger charge is 2.22. The lowest BCUT2D eigenvalue weighted by atomic mass is 10.2. The number of carbonyl (C=O) groups excluding carboxylic acids is 1. The molecule has 0 saturated heterocycles. The van der Waals surface area contributed by atoms with Crippen LogP contribution < -0.4 is 9.62 Å². The molecule has 2 rings (SSSR count). The number of hydrogen-bond donors (Lipinski definition) is 1. The first kappa shape index (κ1) is 19.8. The molecule has 0 aliphatic heterocycles. The molecule has 25 heavy (non-hydrogen) atoms. The van der Waals surface area contributed by atoms with E-state index in [9.17, 15) is 13.2 Å². The Hall–Kier alpha value is -1.47. The van der Waals surface area contributed by atoms with Crippen molar-refractivity contribution >= 4 is 62.1 Å². The highest BCUT2D eigenvalue weighted by Crippen LogP contribution is 2.27. The molecule has 0 aliphatic rings. The highest BCUT2D eigenvalue weighted by molar-refractivity contribution is 7.92. The van der Waals surface area contributed by atoms with Crippen LogP contribution >= 0.6 is 34.8 Å². The van der Waals surface area contributed by atoms with E-state index < -0.39 is 22.5 Å². The van der Waals surface area contributed by atoms with Crippen molar-refractivity contribution < 1.29 is 13.2 Å². The zero-order chi connectivity index (χ0) is 18.8. The highest BCUT2D eigenvalue weighted by atomic mass is 35.5. The Labute approximate surface area is 161 Å². The first-order chi connectivity index (χ1) is 11.6. The van der Waals surface area contributed by atoms with Gasteiger partial charge in [0.15, 0.2) is 0 Å². The van der Waals surface area contributed by atoms with Gasteiger partial charge in [0, 0.05) is 20.8 Å². The second-order valence-corrected chi connectivity index (χ2v) is 8.62. The van der Waals surface area contributed by atoms with Gasteiger partial charge in [-0.05, 0) is 42.8 Å². The Morgan fingerprint density at radius 2 is 1.64 bits per heavy atom. The summed E-state index contributed by atoms with van der Waals surface area (Å²) in [6.07, 6.45) is 1.000. The summed E-state index contributed by atoms with van der Waals surface area (Å²) in [4.78, 5) is 12.3. The predicted octanol–water partition coefficient (Wildman–Crippen LogP) is 4.36. The summed E-state index contributed by atoms with van der Waals surface area (Å²) in [5, 5.41) is 3.65. The van der Waals surface area contributed by atoms with Crippen molar-refractivity contribution in [3.63, 3.8) is 0 Å². The number of rotatable bonds is 5. The molecule has 1 N–H and O–H groups in total. The molecule has 9 heteroatoms. The van der Waals surface area contributed by atoms with Gasteiger partial charge in [-0.1, -0.05) is 40.9 Å². The van der Waals surface area contributed by atoms with Crippen LogP contribution in [0.2, 0.25) is 15.1 Å². The molecule has 0 unspecified atom stereocenters. The zero-order valence-corrected chi connectivity index (χ0v) is 16.5. The van der Waals surface area contributed by atoms with Gasteiger partial charge in [0.05, 0.1) is 11.9 Å². The number of sulfonamides is 1. The van der Waals surface area contributed by atoms with Gasteiger partial charge in [-0.15, -0.1) is 0 Å². The van der Waals surface area contributed by atoms with E-state index in [4.69, 9.17) is 34.8 Å². The molecule has 0 atom stereocenters. The number of benzene rings is 2. The number of nitrogens with zero attached hydrogens (tertiary/aromatic N) is 1. The molecule has 5 nitrogen and oxygen atoms in total. The van der Waals surface area contributed by atoms with E-state index in [0.29, 0.717) is 10.7 Å². The molecule has 0 radical (unpaired) electrons. The molecule has 0 aromatic heterocycles. The Morgan fingerprint density at radius 3 is 2.20 bits per heavy atom. The largest absolute Gasteiger partial charge is 0.324 e. The van der Waals surface area contributed by atoms with Gasteiger partial charge in [-0.25, -0.2) is 8.42 Å². The van der Waals surface area contributed by atoms with E-state index >= 15 is 0 Å². The van der Waals surface area contributed by atoms with E-state index in [-0.39, 0.29) is 15.7 Å². The van der Waals surface area contributed by atoms with Crippen LogP contribution in [-0.4, -0.2) is 27.1 Å². The van der Waals surface area contributed by atoms with Gasteiger partial charge in [-0.3, -0.25) is 9.10 Å². The molecule has 0 fully saturated rings. The Morgan fingerprint density at radius 1 is 1.04 bits per heavy atom. The molecule has 0 aliphatic carbocycles. The fourth-order valence-electron chi connectivity index (χ4n) is 2.13. The van der Waals surface area contributed by atoms with Gasteiger partial charge < -0.3 is 5.32 Å². The number of aryl methyl sites for hydroxylation is 1. The molecule has 0 spiro atoms. The van der Waals surface area contributed by atoms with Crippen molar-refractivity contribution in [2.24, 2.45) is 0 Å².